The Morgan fingerprint density at radius 1 is 0.420 bits per heavy atom. The normalized spacial score (nSPS) is 13.8. The first-order chi connectivity index (χ1) is 39.5. The molecular weight excluding hydrogens is 1020 g/mol. The van der Waals surface area contributed by atoms with Crippen LogP contribution >= 0.6 is 7.82 Å². The molecule has 1 amide bonds. The zero-order valence-electron chi connectivity index (χ0n) is 55.1. The molecule has 0 radical (unpaired) electrons. The van der Waals surface area contributed by atoms with Crippen molar-refractivity contribution in [3.63, 3.8) is 0 Å². The molecule has 0 aromatic rings. The van der Waals surface area contributed by atoms with E-state index < -0.39 is 20.0 Å². The SMILES string of the molecule is CCCCCCC/C=C\C/C=C\CCCCCCCCCCCCCCCCCCCC(=O)NC(COP(=O)(O)OCC[N+](C)(C)C)C(O)/C=C/CCCCCCCCCCCCCCCCCCCCCCCCCCCCCC. The molecule has 8 nitrogen and oxygen atoms in total. The van der Waals surface area contributed by atoms with Gasteiger partial charge in [0.2, 0.25) is 5.91 Å². The third-order valence-corrected chi connectivity index (χ3v) is 17.6. The van der Waals surface area contributed by atoms with Gasteiger partial charge in [-0.1, -0.05) is 346 Å². The fraction of sp³-hybridized carbons (Fsp3) is 0.903. The molecule has 0 aliphatic rings. The second-order valence-electron chi connectivity index (χ2n) is 26.0. The minimum Gasteiger partial charge on any atom is -0.387 e. The molecule has 0 rings (SSSR count). The number of unbranched alkanes of at least 4 members (excludes halogenated alkanes) is 50. The zero-order chi connectivity index (χ0) is 59.1. The second-order valence-corrected chi connectivity index (χ2v) is 27.4. The summed E-state index contributed by atoms with van der Waals surface area (Å²) in [6.07, 6.45) is 84.4. The summed E-state index contributed by atoms with van der Waals surface area (Å²) in [7, 11) is 1.59. The van der Waals surface area contributed by atoms with Gasteiger partial charge in [0, 0.05) is 6.42 Å². The average molecular weight is 1160 g/mol. The van der Waals surface area contributed by atoms with Gasteiger partial charge in [0.1, 0.15) is 13.2 Å². The molecule has 3 N–H and O–H groups in total. The maximum absolute atomic E-state index is 13.1. The molecule has 81 heavy (non-hydrogen) atoms. The van der Waals surface area contributed by atoms with Gasteiger partial charge < -0.3 is 19.8 Å². The number of hydrogen-bond donors (Lipinski definition) is 3. The van der Waals surface area contributed by atoms with Crippen LogP contribution in [0.15, 0.2) is 36.5 Å². The highest BCUT2D eigenvalue weighted by Crippen LogP contribution is 2.43. The van der Waals surface area contributed by atoms with E-state index in [2.05, 4.69) is 43.5 Å². The molecule has 0 fully saturated rings. The van der Waals surface area contributed by atoms with Crippen LogP contribution < -0.4 is 5.32 Å². The lowest BCUT2D eigenvalue weighted by molar-refractivity contribution is -0.870. The Labute approximate surface area is 506 Å². The first-order valence-electron chi connectivity index (χ1n) is 35.9. The average Bonchev–Trinajstić information content (AvgIpc) is 3.43. The number of phosphoric ester groups is 1. The Kier molecular flexibility index (Phi) is 62.2. The Balaban J connectivity index is 4.04. The summed E-state index contributed by atoms with van der Waals surface area (Å²) in [4.78, 5) is 23.4. The number of carbonyl (C=O) groups excluding carboxylic acids is 1. The van der Waals surface area contributed by atoms with Crippen molar-refractivity contribution < 1.29 is 32.9 Å². The number of hydrogen-bond acceptors (Lipinski definition) is 5. The van der Waals surface area contributed by atoms with Crippen LogP contribution in [0, 0.1) is 0 Å². The number of likely N-dealkylation sites (N-methyl/N-ethyl adjacent to an activating group) is 1. The number of nitrogens with one attached hydrogen (secondary N) is 1. The summed E-state index contributed by atoms with van der Waals surface area (Å²) in [5, 5.41) is 14.0. The molecular formula is C72H142N2O6P+. The van der Waals surface area contributed by atoms with Gasteiger partial charge in [-0.2, -0.15) is 0 Å². The molecule has 0 bridgehead atoms. The predicted molar refractivity (Wildman–Crippen MR) is 355 cm³/mol. The van der Waals surface area contributed by atoms with Crippen LogP contribution in [0.5, 0.6) is 0 Å². The van der Waals surface area contributed by atoms with Gasteiger partial charge in [-0.25, -0.2) is 4.57 Å². The van der Waals surface area contributed by atoms with E-state index in [9.17, 15) is 19.4 Å². The molecule has 0 heterocycles. The van der Waals surface area contributed by atoms with E-state index in [0.29, 0.717) is 17.4 Å². The smallest absolute Gasteiger partial charge is 0.387 e. The fourth-order valence-electron chi connectivity index (χ4n) is 11.0. The summed E-state index contributed by atoms with van der Waals surface area (Å²) in [5.74, 6) is -0.170. The predicted octanol–water partition coefficient (Wildman–Crippen LogP) is 22.8. The van der Waals surface area contributed by atoms with Crippen molar-refractivity contribution in [2.24, 2.45) is 0 Å². The van der Waals surface area contributed by atoms with Crippen LogP contribution in [0.1, 0.15) is 367 Å². The van der Waals surface area contributed by atoms with E-state index in [1.165, 1.54) is 308 Å². The van der Waals surface area contributed by atoms with Crippen molar-refractivity contribution in [2.45, 2.75) is 379 Å². The van der Waals surface area contributed by atoms with Crippen LogP contribution in [0.2, 0.25) is 0 Å². The van der Waals surface area contributed by atoms with E-state index >= 15 is 0 Å². The van der Waals surface area contributed by atoms with E-state index in [0.717, 1.165) is 38.5 Å². The fourth-order valence-corrected chi connectivity index (χ4v) is 11.8. The second kappa shape index (κ2) is 63.2. The number of nitrogens with zero attached hydrogens (tertiary/aromatic N) is 1. The lowest BCUT2D eigenvalue weighted by Crippen LogP contribution is -2.45. The molecule has 0 aliphatic carbocycles. The molecule has 0 saturated carbocycles. The van der Waals surface area contributed by atoms with Crippen molar-refractivity contribution in [1.82, 2.24) is 5.32 Å². The Bertz CT molecular complexity index is 1410. The van der Waals surface area contributed by atoms with E-state index in [1.54, 1.807) is 6.08 Å². The summed E-state index contributed by atoms with van der Waals surface area (Å²) in [6.45, 7) is 4.87. The highest BCUT2D eigenvalue weighted by atomic mass is 31.2. The highest BCUT2D eigenvalue weighted by molar-refractivity contribution is 7.47. The number of rotatable bonds is 67. The minimum atomic E-state index is -4.35. The van der Waals surface area contributed by atoms with Gasteiger partial charge in [-0.3, -0.25) is 13.8 Å². The van der Waals surface area contributed by atoms with Crippen LogP contribution in [-0.2, 0) is 18.4 Å². The molecule has 3 atom stereocenters. The third kappa shape index (κ3) is 66.1. The van der Waals surface area contributed by atoms with Gasteiger partial charge in [-0.15, -0.1) is 0 Å². The lowest BCUT2D eigenvalue weighted by Gasteiger charge is -2.25. The van der Waals surface area contributed by atoms with Crippen molar-refractivity contribution in [3.8, 4) is 0 Å². The lowest BCUT2D eigenvalue weighted by atomic mass is 10.0. The summed E-state index contributed by atoms with van der Waals surface area (Å²) in [5.41, 5.74) is 0. The van der Waals surface area contributed by atoms with Crippen molar-refractivity contribution >= 4 is 13.7 Å². The van der Waals surface area contributed by atoms with Crippen LogP contribution in [0.25, 0.3) is 0 Å². The quantitative estimate of drug-likeness (QED) is 0.0243. The standard InChI is InChI=1S/C72H141N2O6P/c1-6-8-10-12-14-16-18-20-22-24-26-28-30-32-34-36-38-39-41-43-45-47-49-51-53-55-57-59-61-63-65-71(75)70(69-80-81(77,78)79-68-67-74(3,4)5)73-72(76)66-64-62-60-58-56-54-52-50-48-46-44-42-40-37-35-33-31-29-27-25-23-21-19-17-15-13-11-9-7-2/h19,21,25,27,63,65,70-71,75H,6-18,20,22-24,26,28-62,64,66-69H2,1-5H3,(H-,73,76,77,78)/p+1/b21-19-,27-25-,65-63+. The van der Waals surface area contributed by atoms with Crippen molar-refractivity contribution in [3.05, 3.63) is 36.5 Å². The first-order valence-corrected chi connectivity index (χ1v) is 37.4. The van der Waals surface area contributed by atoms with E-state index in [1.807, 2.05) is 27.2 Å². The summed E-state index contributed by atoms with van der Waals surface area (Å²) < 4.78 is 23.8. The largest absolute Gasteiger partial charge is 0.472 e. The number of aliphatic hydroxyl groups excluding tert-OH is 1. The van der Waals surface area contributed by atoms with E-state index in [-0.39, 0.29) is 19.1 Å². The number of aliphatic hydroxyl groups is 1. The van der Waals surface area contributed by atoms with E-state index in [4.69, 9.17) is 9.05 Å². The molecule has 9 heteroatoms. The summed E-state index contributed by atoms with van der Waals surface area (Å²) in [6, 6.07) is -0.847. The maximum atomic E-state index is 13.1. The number of amides is 1. The minimum absolute atomic E-state index is 0.0633. The first kappa shape index (κ1) is 79.7. The number of phosphoric acid groups is 1. The monoisotopic (exact) mass is 1160 g/mol. The highest BCUT2D eigenvalue weighted by Gasteiger charge is 2.28. The van der Waals surface area contributed by atoms with Gasteiger partial charge in [0.25, 0.3) is 0 Å². The molecule has 0 spiro atoms. The third-order valence-electron chi connectivity index (χ3n) is 16.6. The number of quaternary nitrogens is 1. The molecule has 0 aromatic heterocycles. The molecule has 0 saturated heterocycles. The van der Waals surface area contributed by atoms with Crippen molar-refractivity contribution in [1.29, 1.82) is 0 Å². The Morgan fingerprint density at radius 3 is 1.01 bits per heavy atom. The topological polar surface area (TPSA) is 105 Å². The van der Waals surface area contributed by atoms with Crippen LogP contribution in [0.3, 0.4) is 0 Å². The maximum Gasteiger partial charge on any atom is 0.472 e. The van der Waals surface area contributed by atoms with Crippen molar-refractivity contribution in [2.75, 3.05) is 40.9 Å². The summed E-state index contributed by atoms with van der Waals surface area (Å²) >= 11 is 0. The molecule has 0 aliphatic heterocycles. The van der Waals surface area contributed by atoms with Gasteiger partial charge >= 0.3 is 7.82 Å². The Hall–Kier alpha value is -1.28. The van der Waals surface area contributed by atoms with Crippen LogP contribution in [-0.4, -0.2) is 73.4 Å². The number of carbonyl (C=O) groups is 1. The zero-order valence-corrected chi connectivity index (χ0v) is 55.9. The molecule has 3 unspecified atom stereocenters. The van der Waals surface area contributed by atoms with Gasteiger partial charge in [-0.05, 0) is 51.4 Å². The molecule has 480 valence electrons. The van der Waals surface area contributed by atoms with Gasteiger partial charge in [0.05, 0.1) is 39.9 Å². The molecule has 0 aromatic carbocycles. The number of allylic oxidation sites excluding steroid dienone is 5. The Morgan fingerprint density at radius 2 is 0.704 bits per heavy atom. The van der Waals surface area contributed by atoms with Crippen LogP contribution in [0.4, 0.5) is 0 Å². The van der Waals surface area contributed by atoms with Gasteiger partial charge in [0.15, 0.2) is 0 Å².